The van der Waals surface area contributed by atoms with Crippen molar-refractivity contribution in [2.24, 2.45) is 0 Å². The Kier molecular flexibility index (Phi) is 3.95. The van der Waals surface area contributed by atoms with Crippen molar-refractivity contribution in [2.45, 2.75) is 6.04 Å². The summed E-state index contributed by atoms with van der Waals surface area (Å²) in [6.07, 6.45) is 0. The van der Waals surface area contributed by atoms with E-state index >= 15 is 0 Å². The lowest BCUT2D eigenvalue weighted by atomic mass is 10.1. The normalized spacial score (nSPS) is 12.5. The monoisotopic (exact) mass is 349 g/mol. The van der Waals surface area contributed by atoms with Gasteiger partial charge in [0.2, 0.25) is 11.8 Å². The Labute approximate surface area is 129 Å². The van der Waals surface area contributed by atoms with Crippen molar-refractivity contribution in [3.05, 3.63) is 57.0 Å². The number of benzene rings is 1. The fraction of sp³-hybridized carbons (Fsp3) is 0.143. The van der Waals surface area contributed by atoms with E-state index in [0.717, 1.165) is 14.9 Å². The smallest absolute Gasteiger partial charge is 0.248 e. The largest absolute Gasteiger partial charge is 0.419 e. The summed E-state index contributed by atoms with van der Waals surface area (Å²) >= 11 is 5.02. The first kappa shape index (κ1) is 13.5. The van der Waals surface area contributed by atoms with Crippen LogP contribution >= 0.6 is 27.3 Å². The second kappa shape index (κ2) is 5.87. The Balaban J connectivity index is 1.92. The van der Waals surface area contributed by atoms with Gasteiger partial charge >= 0.3 is 0 Å². The average molecular weight is 350 g/mol. The minimum absolute atomic E-state index is 0.0977. The van der Waals surface area contributed by atoms with Crippen LogP contribution in [0.2, 0.25) is 0 Å². The number of nitrogens with zero attached hydrogens (tertiary/aromatic N) is 2. The molecule has 1 unspecified atom stereocenters. The molecule has 3 aromatic rings. The molecule has 3 rings (SSSR count). The maximum absolute atomic E-state index is 5.79. The van der Waals surface area contributed by atoms with E-state index in [1.807, 2.05) is 48.8 Å². The van der Waals surface area contributed by atoms with Crippen molar-refractivity contribution >= 4 is 27.3 Å². The molecule has 20 heavy (non-hydrogen) atoms. The van der Waals surface area contributed by atoms with Gasteiger partial charge in [0.05, 0.1) is 9.35 Å². The molecule has 0 spiro atoms. The summed E-state index contributed by atoms with van der Waals surface area (Å²) in [5.41, 5.74) is 2.03. The molecule has 0 radical (unpaired) electrons. The highest BCUT2D eigenvalue weighted by atomic mass is 79.9. The average Bonchev–Trinajstić information content (AvgIpc) is 3.10. The van der Waals surface area contributed by atoms with Gasteiger partial charge in [0.1, 0.15) is 6.04 Å². The first-order valence-corrected chi connectivity index (χ1v) is 7.75. The summed E-state index contributed by atoms with van der Waals surface area (Å²) < 4.78 is 6.83. The zero-order valence-corrected chi connectivity index (χ0v) is 13.1. The molecule has 2 aromatic heterocycles. The van der Waals surface area contributed by atoms with Gasteiger partial charge in [-0.2, -0.15) is 0 Å². The number of nitrogens with one attached hydrogen (secondary N) is 1. The van der Waals surface area contributed by atoms with E-state index in [0.29, 0.717) is 11.8 Å². The minimum atomic E-state index is -0.0977. The molecule has 0 saturated heterocycles. The van der Waals surface area contributed by atoms with E-state index in [9.17, 15) is 0 Å². The Morgan fingerprint density at radius 3 is 2.70 bits per heavy atom. The maximum Gasteiger partial charge on any atom is 0.248 e. The standard InChI is InChI=1S/C14H12BrN3OS/c1-16-12(9-5-3-2-4-6-9)14-18-17-13(19-14)10-7-11(15)20-8-10/h2-8,12,16H,1H3. The van der Waals surface area contributed by atoms with Crippen LogP contribution in [0.3, 0.4) is 0 Å². The van der Waals surface area contributed by atoms with Gasteiger partial charge in [0.15, 0.2) is 0 Å². The third-order valence-corrected chi connectivity index (χ3v) is 4.43. The van der Waals surface area contributed by atoms with Crippen LogP contribution < -0.4 is 5.32 Å². The van der Waals surface area contributed by atoms with E-state index in [-0.39, 0.29) is 6.04 Å². The first-order chi connectivity index (χ1) is 9.78. The lowest BCUT2D eigenvalue weighted by Crippen LogP contribution is -2.17. The zero-order valence-electron chi connectivity index (χ0n) is 10.7. The minimum Gasteiger partial charge on any atom is -0.419 e. The summed E-state index contributed by atoms with van der Waals surface area (Å²) in [6.45, 7) is 0. The maximum atomic E-state index is 5.79. The number of hydrogen-bond acceptors (Lipinski definition) is 5. The second-order valence-electron chi connectivity index (χ2n) is 4.22. The molecule has 0 aliphatic rings. The summed E-state index contributed by atoms with van der Waals surface area (Å²) in [5.74, 6) is 1.11. The molecule has 102 valence electrons. The molecular weight excluding hydrogens is 338 g/mol. The van der Waals surface area contributed by atoms with Gasteiger partial charge in [0.25, 0.3) is 0 Å². The highest BCUT2D eigenvalue weighted by Crippen LogP contribution is 2.30. The number of aromatic nitrogens is 2. The Morgan fingerprint density at radius 2 is 2.05 bits per heavy atom. The van der Waals surface area contributed by atoms with Crippen LogP contribution in [-0.2, 0) is 0 Å². The SMILES string of the molecule is CNC(c1ccccc1)c1nnc(-c2csc(Br)c2)o1. The molecule has 0 amide bonds. The Bertz CT molecular complexity index is 695. The van der Waals surface area contributed by atoms with Crippen LogP contribution in [0.25, 0.3) is 11.5 Å². The van der Waals surface area contributed by atoms with Gasteiger partial charge in [-0.3, -0.25) is 0 Å². The topological polar surface area (TPSA) is 51.0 Å². The Morgan fingerprint density at radius 1 is 1.25 bits per heavy atom. The molecule has 1 N–H and O–H groups in total. The molecule has 0 bridgehead atoms. The van der Waals surface area contributed by atoms with E-state index in [1.165, 1.54) is 0 Å². The highest BCUT2D eigenvalue weighted by molar-refractivity contribution is 9.11. The van der Waals surface area contributed by atoms with Crippen LogP contribution in [-0.4, -0.2) is 17.2 Å². The number of thiophene rings is 1. The van der Waals surface area contributed by atoms with Crippen LogP contribution in [0.1, 0.15) is 17.5 Å². The van der Waals surface area contributed by atoms with Crippen LogP contribution in [0.15, 0.2) is 50.0 Å². The van der Waals surface area contributed by atoms with Crippen molar-refractivity contribution < 1.29 is 4.42 Å². The summed E-state index contributed by atoms with van der Waals surface area (Å²) in [4.78, 5) is 0. The Hall–Kier alpha value is -1.50. The fourth-order valence-electron chi connectivity index (χ4n) is 1.97. The molecule has 1 atom stereocenters. The highest BCUT2D eigenvalue weighted by Gasteiger charge is 2.19. The molecule has 1 aromatic carbocycles. The third kappa shape index (κ3) is 2.67. The van der Waals surface area contributed by atoms with Crippen LogP contribution in [0.4, 0.5) is 0 Å². The van der Waals surface area contributed by atoms with Gasteiger partial charge in [0, 0.05) is 5.38 Å². The molecular formula is C14H12BrN3OS. The lowest BCUT2D eigenvalue weighted by molar-refractivity contribution is 0.456. The second-order valence-corrected chi connectivity index (χ2v) is 6.51. The van der Waals surface area contributed by atoms with Gasteiger partial charge in [-0.1, -0.05) is 30.3 Å². The number of halogens is 1. The molecule has 6 heteroatoms. The number of hydrogen-bond donors (Lipinski definition) is 1. The summed E-state index contributed by atoms with van der Waals surface area (Å²) in [5, 5.41) is 13.5. The van der Waals surface area contributed by atoms with Gasteiger partial charge in [-0.15, -0.1) is 21.5 Å². The molecule has 0 aliphatic heterocycles. The molecule has 4 nitrogen and oxygen atoms in total. The predicted octanol–water partition coefficient (Wildman–Crippen LogP) is 3.87. The van der Waals surface area contributed by atoms with Crippen LogP contribution in [0, 0.1) is 0 Å². The molecule has 0 fully saturated rings. The first-order valence-electron chi connectivity index (χ1n) is 6.08. The van der Waals surface area contributed by atoms with E-state index in [1.54, 1.807) is 11.3 Å². The molecule has 0 aliphatic carbocycles. The van der Waals surface area contributed by atoms with Crippen molar-refractivity contribution in [1.29, 1.82) is 0 Å². The van der Waals surface area contributed by atoms with Crippen molar-refractivity contribution in [3.8, 4) is 11.5 Å². The number of rotatable bonds is 4. The van der Waals surface area contributed by atoms with Crippen LogP contribution in [0.5, 0.6) is 0 Å². The fourth-order valence-corrected chi connectivity index (χ4v) is 3.10. The molecule has 0 saturated carbocycles. The van der Waals surface area contributed by atoms with Gasteiger partial charge in [-0.05, 0) is 34.6 Å². The quantitative estimate of drug-likeness (QED) is 0.776. The van der Waals surface area contributed by atoms with Crippen molar-refractivity contribution in [3.63, 3.8) is 0 Å². The van der Waals surface area contributed by atoms with E-state index < -0.39 is 0 Å². The summed E-state index contributed by atoms with van der Waals surface area (Å²) in [6, 6.07) is 11.9. The van der Waals surface area contributed by atoms with E-state index in [2.05, 4.69) is 31.4 Å². The zero-order chi connectivity index (χ0) is 13.9. The van der Waals surface area contributed by atoms with Crippen molar-refractivity contribution in [1.82, 2.24) is 15.5 Å². The summed E-state index contributed by atoms with van der Waals surface area (Å²) in [7, 11) is 1.88. The van der Waals surface area contributed by atoms with Gasteiger partial charge in [-0.25, -0.2) is 0 Å². The van der Waals surface area contributed by atoms with Crippen molar-refractivity contribution in [2.75, 3.05) is 7.05 Å². The third-order valence-electron chi connectivity index (χ3n) is 2.92. The molecule has 2 heterocycles. The predicted molar refractivity (Wildman–Crippen MR) is 82.7 cm³/mol. The van der Waals surface area contributed by atoms with E-state index in [4.69, 9.17) is 4.42 Å². The van der Waals surface area contributed by atoms with Gasteiger partial charge < -0.3 is 9.73 Å². The lowest BCUT2D eigenvalue weighted by Gasteiger charge is -2.11.